The maximum atomic E-state index is 3.52. The number of rotatable bonds is 0. The third-order valence-electron chi connectivity index (χ3n) is 2.44. The van der Waals surface area contributed by atoms with Crippen LogP contribution in [0.15, 0.2) is 0 Å². The molecule has 3 saturated heterocycles. The Morgan fingerprint density at radius 3 is 2.78 bits per heavy atom. The fourth-order valence-corrected chi connectivity index (χ4v) is 1.78. The third-order valence-corrected chi connectivity index (χ3v) is 2.44. The topological polar surface area (TPSA) is 24.1 Å². The Hall–Kier alpha value is -0.0800. The summed E-state index contributed by atoms with van der Waals surface area (Å²) < 4.78 is 0. The van der Waals surface area contributed by atoms with Crippen molar-refractivity contribution in [1.29, 1.82) is 0 Å². The maximum absolute atomic E-state index is 3.52. The molecular weight excluding hydrogens is 112 g/mol. The van der Waals surface area contributed by atoms with Gasteiger partial charge in [0.2, 0.25) is 0 Å². The summed E-state index contributed by atoms with van der Waals surface area (Å²) in [5.41, 5.74) is 0. The van der Waals surface area contributed by atoms with Crippen molar-refractivity contribution < 1.29 is 0 Å². The lowest BCUT2D eigenvalue weighted by atomic mass is 9.97. The second-order valence-electron chi connectivity index (χ2n) is 3.21. The van der Waals surface area contributed by atoms with Gasteiger partial charge in [0.1, 0.15) is 0 Å². The molecule has 2 nitrogen and oxygen atoms in total. The van der Waals surface area contributed by atoms with Gasteiger partial charge in [-0.3, -0.25) is 0 Å². The molecule has 0 radical (unpaired) electrons. The van der Waals surface area contributed by atoms with Crippen molar-refractivity contribution in [3.05, 3.63) is 0 Å². The number of fused-ring (bicyclic) bond motifs is 4. The van der Waals surface area contributed by atoms with Gasteiger partial charge in [0.15, 0.2) is 0 Å². The molecule has 3 fully saturated rings. The van der Waals surface area contributed by atoms with E-state index in [0.717, 1.165) is 12.0 Å². The summed E-state index contributed by atoms with van der Waals surface area (Å²) in [4.78, 5) is 0. The van der Waals surface area contributed by atoms with Gasteiger partial charge in [-0.1, -0.05) is 0 Å². The van der Waals surface area contributed by atoms with Crippen molar-refractivity contribution in [3.8, 4) is 0 Å². The van der Waals surface area contributed by atoms with Crippen molar-refractivity contribution >= 4 is 0 Å². The van der Waals surface area contributed by atoms with Gasteiger partial charge >= 0.3 is 0 Å². The van der Waals surface area contributed by atoms with Crippen LogP contribution in [0.4, 0.5) is 0 Å². The predicted molar refractivity (Wildman–Crippen MR) is 37.4 cm³/mol. The summed E-state index contributed by atoms with van der Waals surface area (Å²) in [5.74, 6) is 0.920. The molecule has 9 heavy (non-hydrogen) atoms. The third kappa shape index (κ3) is 1.10. The Morgan fingerprint density at radius 1 is 1.00 bits per heavy atom. The second-order valence-corrected chi connectivity index (χ2v) is 3.21. The highest BCUT2D eigenvalue weighted by Crippen LogP contribution is 2.15. The summed E-state index contributed by atoms with van der Waals surface area (Å²) in [6.07, 6.45) is 2.82. The van der Waals surface area contributed by atoms with Crippen molar-refractivity contribution in [2.75, 3.05) is 19.6 Å². The molecule has 2 bridgehead atoms. The number of nitrogens with one attached hydrogen (secondary N) is 2. The number of hydrogen-bond donors (Lipinski definition) is 2. The highest BCUT2D eigenvalue weighted by Gasteiger charge is 2.23. The Kier molecular flexibility index (Phi) is 1.44. The minimum Gasteiger partial charge on any atom is -0.315 e. The van der Waals surface area contributed by atoms with E-state index in [1.165, 1.54) is 32.5 Å². The van der Waals surface area contributed by atoms with Gasteiger partial charge in [-0.05, 0) is 31.8 Å². The Labute approximate surface area is 56.0 Å². The highest BCUT2D eigenvalue weighted by molar-refractivity contribution is 4.84. The molecule has 3 heterocycles. The van der Waals surface area contributed by atoms with Crippen LogP contribution in [0.2, 0.25) is 0 Å². The largest absolute Gasteiger partial charge is 0.315 e. The van der Waals surface area contributed by atoms with E-state index in [1.807, 2.05) is 0 Å². The van der Waals surface area contributed by atoms with Gasteiger partial charge in [0, 0.05) is 12.6 Å². The molecule has 0 spiro atoms. The minimum atomic E-state index is 0.781. The molecule has 52 valence electrons. The van der Waals surface area contributed by atoms with E-state index in [9.17, 15) is 0 Å². The lowest BCUT2D eigenvalue weighted by Crippen LogP contribution is -2.38. The smallest absolute Gasteiger partial charge is 0.0192 e. The van der Waals surface area contributed by atoms with Gasteiger partial charge in [0.05, 0.1) is 0 Å². The Bertz CT molecular complexity index is 77.6. The van der Waals surface area contributed by atoms with E-state index in [1.54, 1.807) is 0 Å². The summed E-state index contributed by atoms with van der Waals surface area (Å²) in [7, 11) is 0. The summed E-state index contributed by atoms with van der Waals surface area (Å²) >= 11 is 0. The first-order valence-electron chi connectivity index (χ1n) is 3.89. The molecule has 3 aliphatic heterocycles. The first kappa shape index (κ1) is 5.69. The van der Waals surface area contributed by atoms with E-state index in [4.69, 9.17) is 0 Å². The zero-order chi connectivity index (χ0) is 6.10. The standard InChI is InChI=1S/C7H14N2/c1-2-7-5-8-3-6(1)4-9-7/h6-9H,1-5H2/t6?,7-/m0/s1. The van der Waals surface area contributed by atoms with Crippen LogP contribution < -0.4 is 10.6 Å². The van der Waals surface area contributed by atoms with Crippen LogP contribution in [-0.2, 0) is 0 Å². The zero-order valence-corrected chi connectivity index (χ0v) is 5.69. The molecule has 0 aliphatic carbocycles. The van der Waals surface area contributed by atoms with Crippen molar-refractivity contribution in [2.24, 2.45) is 5.92 Å². The van der Waals surface area contributed by atoms with Gasteiger partial charge in [0.25, 0.3) is 0 Å². The SMILES string of the molecule is C1C[C@H]2CNCC1CN2. The zero-order valence-electron chi connectivity index (χ0n) is 5.69. The van der Waals surface area contributed by atoms with Crippen LogP contribution in [0.3, 0.4) is 0 Å². The first-order chi connectivity index (χ1) is 4.45. The molecule has 0 aromatic carbocycles. The molecular formula is C7H14N2. The molecule has 0 aromatic rings. The van der Waals surface area contributed by atoms with E-state index in [-0.39, 0.29) is 0 Å². The monoisotopic (exact) mass is 126 g/mol. The molecule has 0 aromatic heterocycles. The van der Waals surface area contributed by atoms with Gasteiger partial charge in [-0.25, -0.2) is 0 Å². The molecule has 0 amide bonds. The van der Waals surface area contributed by atoms with Crippen LogP contribution in [0.5, 0.6) is 0 Å². The predicted octanol–water partition coefficient (Wildman–Crippen LogP) is -0.0422. The summed E-state index contributed by atoms with van der Waals surface area (Å²) in [6.45, 7) is 3.68. The quantitative estimate of drug-likeness (QED) is 0.476. The fraction of sp³-hybridized carbons (Fsp3) is 1.00. The van der Waals surface area contributed by atoms with Crippen molar-refractivity contribution in [2.45, 2.75) is 18.9 Å². The lowest BCUT2D eigenvalue weighted by Gasteiger charge is -2.23. The maximum Gasteiger partial charge on any atom is 0.0192 e. The number of piperidine rings is 1. The van der Waals surface area contributed by atoms with Crippen molar-refractivity contribution in [3.63, 3.8) is 0 Å². The van der Waals surface area contributed by atoms with E-state index < -0.39 is 0 Å². The van der Waals surface area contributed by atoms with E-state index >= 15 is 0 Å². The van der Waals surface area contributed by atoms with Crippen LogP contribution >= 0.6 is 0 Å². The molecule has 0 saturated carbocycles. The molecule has 3 rings (SSSR count). The van der Waals surface area contributed by atoms with Crippen LogP contribution in [0.1, 0.15) is 12.8 Å². The Morgan fingerprint density at radius 2 is 2.00 bits per heavy atom. The van der Waals surface area contributed by atoms with Crippen LogP contribution in [0.25, 0.3) is 0 Å². The van der Waals surface area contributed by atoms with Crippen molar-refractivity contribution in [1.82, 2.24) is 10.6 Å². The van der Waals surface area contributed by atoms with Gasteiger partial charge in [-0.15, -0.1) is 0 Å². The molecule has 3 aliphatic rings. The molecule has 2 N–H and O–H groups in total. The van der Waals surface area contributed by atoms with E-state index in [2.05, 4.69) is 10.6 Å². The molecule has 1 unspecified atom stereocenters. The minimum absolute atomic E-state index is 0.781. The summed E-state index contributed by atoms with van der Waals surface area (Å²) in [5, 5.41) is 6.97. The number of hydrogen-bond acceptors (Lipinski definition) is 2. The van der Waals surface area contributed by atoms with Crippen LogP contribution in [0, 0.1) is 5.92 Å². The van der Waals surface area contributed by atoms with Gasteiger partial charge in [-0.2, -0.15) is 0 Å². The average molecular weight is 126 g/mol. The van der Waals surface area contributed by atoms with Gasteiger partial charge < -0.3 is 10.6 Å². The van der Waals surface area contributed by atoms with Crippen LogP contribution in [-0.4, -0.2) is 25.7 Å². The summed E-state index contributed by atoms with van der Waals surface area (Å²) in [6, 6.07) is 0.781. The molecule has 2 heteroatoms. The normalized spacial score (nSPS) is 42.7. The van der Waals surface area contributed by atoms with E-state index in [0.29, 0.717) is 0 Å². The Balaban J connectivity index is 2.03. The fourth-order valence-electron chi connectivity index (χ4n) is 1.78. The second kappa shape index (κ2) is 2.27. The average Bonchev–Trinajstić information content (AvgIpc) is 2.21. The lowest BCUT2D eigenvalue weighted by molar-refractivity contribution is 0.359. The molecule has 2 atom stereocenters. The highest BCUT2D eigenvalue weighted by atomic mass is 15.0. The first-order valence-corrected chi connectivity index (χ1v) is 3.89.